The van der Waals surface area contributed by atoms with Crippen LogP contribution in [0.2, 0.25) is 0 Å². The summed E-state index contributed by atoms with van der Waals surface area (Å²) in [7, 11) is 1.66. The van der Waals surface area contributed by atoms with E-state index in [9.17, 15) is 0 Å². The Morgan fingerprint density at radius 2 is 2.07 bits per heavy atom. The number of nitrogens with one attached hydrogen (secondary N) is 1. The molecule has 14 heavy (non-hydrogen) atoms. The Hall–Kier alpha value is -1.60. The monoisotopic (exact) mass is 190 g/mol. The highest BCUT2D eigenvalue weighted by atomic mass is 16.5. The third-order valence-corrected chi connectivity index (χ3v) is 1.97. The average molecular weight is 190 g/mol. The fourth-order valence-corrected chi connectivity index (χ4v) is 1.21. The summed E-state index contributed by atoms with van der Waals surface area (Å²) in [6.07, 6.45) is 1.94. The van der Waals surface area contributed by atoms with Crippen LogP contribution in [0, 0.1) is 5.41 Å². The van der Waals surface area contributed by atoms with Gasteiger partial charge in [-0.2, -0.15) is 0 Å². The van der Waals surface area contributed by atoms with Gasteiger partial charge in [-0.05, 0) is 30.5 Å². The van der Waals surface area contributed by atoms with Gasteiger partial charge in [-0.15, -0.1) is 0 Å². The van der Waals surface area contributed by atoms with Gasteiger partial charge in [0.25, 0.3) is 0 Å². The maximum Gasteiger partial charge on any atom is 0.118 e. The van der Waals surface area contributed by atoms with Crippen molar-refractivity contribution < 1.29 is 4.74 Å². The minimum Gasteiger partial charge on any atom is -0.497 e. The second-order valence-corrected chi connectivity index (χ2v) is 2.95. The van der Waals surface area contributed by atoms with Crippen LogP contribution >= 0.6 is 0 Å². The topological polar surface area (TPSA) is 45.4 Å². The molecule has 0 saturated carbocycles. The van der Waals surface area contributed by atoms with Crippen molar-refractivity contribution in [3.63, 3.8) is 0 Å². The van der Waals surface area contributed by atoms with Crippen molar-refractivity contribution in [2.45, 2.75) is 12.8 Å². The molecule has 0 aromatic heterocycles. The maximum atomic E-state index is 6.61. The molecule has 1 aromatic rings. The van der Waals surface area contributed by atoms with E-state index in [1.54, 1.807) is 7.11 Å². The van der Waals surface area contributed by atoms with Gasteiger partial charge in [0.1, 0.15) is 5.75 Å². The molecule has 0 atom stereocenters. The number of hydrogen-bond acceptors (Lipinski definition) is 3. The number of rotatable bonds is 5. The zero-order valence-corrected chi connectivity index (χ0v) is 8.29. The molecule has 0 bridgehead atoms. The quantitative estimate of drug-likeness (QED) is 0.562. The minimum atomic E-state index is 0.676. The first-order valence-corrected chi connectivity index (χ1v) is 4.58. The molecule has 3 nitrogen and oxygen atoms in total. The molecule has 0 spiro atoms. The Bertz CT molecular complexity index is 313. The Kier molecular flexibility index (Phi) is 4.45. The van der Waals surface area contributed by atoms with Gasteiger partial charge < -0.3 is 4.74 Å². The smallest absolute Gasteiger partial charge is 0.118 e. The van der Waals surface area contributed by atoms with E-state index in [1.165, 1.54) is 5.56 Å². The average Bonchev–Trinajstić information content (AvgIpc) is 2.25. The standard InChI is InChI=1S/C11H14N2O/c1-14-11-6-4-10(5-7-11)3-2-8-13-9-12/h4-7,12H,2-3,8H2,1H3. The van der Waals surface area contributed by atoms with Crippen LogP contribution < -0.4 is 4.74 Å². The number of methoxy groups -OCH3 is 1. The first-order chi connectivity index (χ1) is 6.86. The molecule has 1 aromatic carbocycles. The van der Waals surface area contributed by atoms with E-state index in [1.807, 2.05) is 30.3 Å². The maximum absolute atomic E-state index is 6.61. The molecule has 0 aliphatic rings. The summed E-state index contributed by atoms with van der Waals surface area (Å²) in [4.78, 5) is 3.71. The van der Waals surface area contributed by atoms with Gasteiger partial charge in [0, 0.05) is 0 Å². The van der Waals surface area contributed by atoms with Gasteiger partial charge >= 0.3 is 0 Å². The van der Waals surface area contributed by atoms with E-state index >= 15 is 0 Å². The van der Waals surface area contributed by atoms with E-state index in [0.717, 1.165) is 18.6 Å². The number of nitrogens with zero attached hydrogens (tertiary/aromatic N) is 1. The number of hydrogen-bond donors (Lipinski definition) is 1. The van der Waals surface area contributed by atoms with Crippen molar-refractivity contribution in [2.24, 2.45) is 4.99 Å². The first kappa shape index (κ1) is 10.5. The van der Waals surface area contributed by atoms with Gasteiger partial charge in [-0.25, -0.2) is 10.4 Å². The van der Waals surface area contributed by atoms with Gasteiger partial charge in [-0.1, -0.05) is 12.1 Å². The van der Waals surface area contributed by atoms with Crippen LogP contribution in [-0.2, 0) is 6.42 Å². The van der Waals surface area contributed by atoms with Crippen LogP contribution in [0.4, 0.5) is 0 Å². The summed E-state index contributed by atoms with van der Waals surface area (Å²) in [6.45, 7) is 0.676. The molecule has 0 saturated heterocycles. The van der Waals surface area contributed by atoms with Gasteiger partial charge in [0.2, 0.25) is 0 Å². The Balaban J connectivity index is 2.39. The molecule has 0 fully saturated rings. The van der Waals surface area contributed by atoms with Crippen molar-refractivity contribution >= 4 is 6.01 Å². The van der Waals surface area contributed by atoms with Gasteiger partial charge in [-0.3, -0.25) is 0 Å². The molecule has 0 unspecified atom stereocenters. The molecule has 0 aliphatic heterocycles. The number of ether oxygens (including phenoxy) is 1. The SMILES string of the molecule is COc1ccc(CCCN=C=N)cc1. The second-order valence-electron chi connectivity index (χ2n) is 2.95. The lowest BCUT2D eigenvalue weighted by molar-refractivity contribution is 0.414. The van der Waals surface area contributed by atoms with Crippen LogP contribution in [0.15, 0.2) is 29.3 Å². The van der Waals surface area contributed by atoms with Gasteiger partial charge in [0.05, 0.1) is 19.7 Å². The van der Waals surface area contributed by atoms with Crippen LogP contribution in [0.5, 0.6) is 5.75 Å². The Labute approximate surface area is 84.0 Å². The van der Waals surface area contributed by atoms with Gasteiger partial charge in [0.15, 0.2) is 0 Å². The summed E-state index contributed by atoms with van der Waals surface area (Å²) in [6, 6.07) is 10.0. The van der Waals surface area contributed by atoms with Crippen molar-refractivity contribution in [1.29, 1.82) is 5.41 Å². The molecule has 0 radical (unpaired) electrons. The van der Waals surface area contributed by atoms with Crippen molar-refractivity contribution in [2.75, 3.05) is 13.7 Å². The second kappa shape index (κ2) is 5.95. The lowest BCUT2D eigenvalue weighted by Gasteiger charge is -2.01. The highest BCUT2D eigenvalue weighted by Gasteiger charge is 1.93. The van der Waals surface area contributed by atoms with Crippen molar-refractivity contribution in [3.8, 4) is 5.75 Å². The Morgan fingerprint density at radius 3 is 2.64 bits per heavy atom. The van der Waals surface area contributed by atoms with E-state index in [4.69, 9.17) is 10.1 Å². The Morgan fingerprint density at radius 1 is 1.36 bits per heavy atom. The zero-order valence-electron chi connectivity index (χ0n) is 8.29. The third kappa shape index (κ3) is 3.42. The van der Waals surface area contributed by atoms with E-state index in [-0.39, 0.29) is 0 Å². The summed E-state index contributed by atoms with van der Waals surface area (Å²) < 4.78 is 5.06. The molecule has 3 heteroatoms. The predicted octanol–water partition coefficient (Wildman–Crippen LogP) is 2.38. The largest absolute Gasteiger partial charge is 0.497 e. The van der Waals surface area contributed by atoms with E-state index < -0.39 is 0 Å². The zero-order chi connectivity index (χ0) is 10.2. The fraction of sp³-hybridized carbons (Fsp3) is 0.364. The highest BCUT2D eigenvalue weighted by molar-refractivity contribution is 5.35. The number of aliphatic imine (C=N–C) groups is 1. The third-order valence-electron chi connectivity index (χ3n) is 1.97. The summed E-state index contributed by atoms with van der Waals surface area (Å²) in [5, 5.41) is 6.61. The molecule has 0 aliphatic carbocycles. The molecule has 0 amide bonds. The summed E-state index contributed by atoms with van der Waals surface area (Å²) in [5.41, 5.74) is 1.27. The minimum absolute atomic E-state index is 0.676. The summed E-state index contributed by atoms with van der Waals surface area (Å²) in [5.74, 6) is 0.881. The van der Waals surface area contributed by atoms with Crippen LogP contribution in [0.1, 0.15) is 12.0 Å². The van der Waals surface area contributed by atoms with E-state index in [0.29, 0.717) is 6.54 Å². The van der Waals surface area contributed by atoms with Crippen LogP contribution in [0.3, 0.4) is 0 Å². The molecule has 1 rings (SSSR count). The van der Waals surface area contributed by atoms with Crippen molar-refractivity contribution in [1.82, 2.24) is 0 Å². The summed E-state index contributed by atoms with van der Waals surface area (Å²) >= 11 is 0. The lowest BCUT2D eigenvalue weighted by atomic mass is 10.1. The first-order valence-electron chi connectivity index (χ1n) is 4.58. The van der Waals surface area contributed by atoms with Crippen LogP contribution in [-0.4, -0.2) is 19.7 Å². The van der Waals surface area contributed by atoms with Crippen molar-refractivity contribution in [3.05, 3.63) is 29.8 Å². The number of benzene rings is 1. The number of aryl methyl sites for hydroxylation is 1. The molecule has 74 valence electrons. The normalized spacial score (nSPS) is 9.21. The lowest BCUT2D eigenvalue weighted by Crippen LogP contribution is -1.89. The highest BCUT2D eigenvalue weighted by Crippen LogP contribution is 2.12. The molecular weight excluding hydrogens is 176 g/mol. The molecule has 0 heterocycles. The van der Waals surface area contributed by atoms with Crippen LogP contribution in [0.25, 0.3) is 0 Å². The fourth-order valence-electron chi connectivity index (χ4n) is 1.21. The predicted molar refractivity (Wildman–Crippen MR) is 56.3 cm³/mol. The molecular formula is C11H14N2O. The van der Waals surface area contributed by atoms with E-state index in [2.05, 4.69) is 4.99 Å². The molecule has 1 N–H and O–H groups in total.